The number of aliphatic hydroxyl groups excluding tert-OH is 1. The summed E-state index contributed by atoms with van der Waals surface area (Å²) in [5.74, 6) is 0.740. The van der Waals surface area contributed by atoms with Crippen molar-refractivity contribution in [3.05, 3.63) is 102 Å². The van der Waals surface area contributed by atoms with Crippen molar-refractivity contribution >= 4 is 29.7 Å². The Balaban J connectivity index is 0.951. The number of nitrogens with one attached hydrogen (secondary N) is 4. The van der Waals surface area contributed by atoms with Crippen LogP contribution >= 0.6 is 0 Å². The Hall–Kier alpha value is -6.48. The molecule has 5 N–H and O–H groups in total. The summed E-state index contributed by atoms with van der Waals surface area (Å²) < 4.78 is 9.45. The molecule has 1 saturated heterocycles. The molecule has 15 nitrogen and oxygen atoms in total. The Morgan fingerprint density at radius 1 is 0.807 bits per heavy atom. The molecule has 0 spiro atoms. The number of aromatic nitrogens is 4. The van der Waals surface area contributed by atoms with E-state index in [9.17, 15) is 24.3 Å². The van der Waals surface area contributed by atoms with E-state index in [0.717, 1.165) is 56.9 Å². The van der Waals surface area contributed by atoms with Crippen LogP contribution in [0.2, 0.25) is 0 Å². The third kappa shape index (κ3) is 7.21. The molecule has 57 heavy (non-hydrogen) atoms. The SMILES string of the molecule is COC(=O)N[C@H]1CCc2cccc3c2N(C1=O)[C@H](c1ncc(-c2ccc(-c4ccc(-c5cnc([C@@H]6CCCN6C(=O)[C@@H](NC(=O)OC)C(C)O)[nH]5)cc4)cc2)[nH]1)C3. The van der Waals surface area contributed by atoms with Crippen molar-refractivity contribution in [3.63, 3.8) is 0 Å². The standard InChI is InChI=1S/C42H44N8O7/c1-23(51)35(48-42(55)57-3)40(53)49-19-5-8-33(49)37-43-21-31(45-37)26-13-9-24(10-14-26)25-11-15-27(16-12-25)32-22-44-38(46-32)34-20-29-7-4-6-28-17-18-30(47-41(54)56-2)39(52)50(34)36(28)29/h4,6-7,9-16,21-23,30,33-35,51H,5,8,17-20H2,1-3H3,(H,43,45)(H,44,46)(H,47,54)(H,48,55)/t23?,30-,33-,34-,35-/m0/s1. The number of likely N-dealkylation sites (tertiary alicyclic amines) is 1. The van der Waals surface area contributed by atoms with Crippen LogP contribution in [0.1, 0.15) is 61.0 Å². The number of aliphatic hydroxyl groups is 1. The number of aryl methyl sites for hydroxylation is 1. The molecule has 0 saturated carbocycles. The number of benzene rings is 3. The van der Waals surface area contributed by atoms with Gasteiger partial charge in [-0.1, -0.05) is 66.7 Å². The van der Waals surface area contributed by atoms with Crippen molar-refractivity contribution < 1.29 is 33.8 Å². The lowest BCUT2D eigenvalue weighted by molar-refractivity contribution is -0.137. The summed E-state index contributed by atoms with van der Waals surface area (Å²) in [7, 11) is 2.50. The molecule has 0 radical (unpaired) electrons. The second kappa shape index (κ2) is 15.6. The van der Waals surface area contributed by atoms with Crippen LogP contribution in [-0.4, -0.2) is 92.9 Å². The molecule has 1 unspecified atom stereocenters. The van der Waals surface area contributed by atoms with Gasteiger partial charge in [0, 0.05) is 13.0 Å². The van der Waals surface area contributed by atoms with Gasteiger partial charge in [0.15, 0.2) is 0 Å². The fourth-order valence-corrected chi connectivity index (χ4v) is 8.24. The number of rotatable bonds is 9. The lowest BCUT2D eigenvalue weighted by Crippen LogP contribution is -2.53. The maximum absolute atomic E-state index is 13.9. The van der Waals surface area contributed by atoms with E-state index in [0.29, 0.717) is 43.9 Å². The average molecular weight is 773 g/mol. The number of hydrogen-bond donors (Lipinski definition) is 5. The molecule has 4 amide bonds. The highest BCUT2D eigenvalue weighted by molar-refractivity contribution is 6.02. The van der Waals surface area contributed by atoms with Crippen molar-refractivity contribution in [2.45, 2.75) is 69.3 Å². The Bertz CT molecular complexity index is 2300. The van der Waals surface area contributed by atoms with Crippen LogP contribution in [0.15, 0.2) is 79.1 Å². The molecule has 3 aromatic carbocycles. The minimum absolute atomic E-state index is 0.180. The van der Waals surface area contributed by atoms with Crippen molar-refractivity contribution in [3.8, 4) is 33.6 Å². The molecule has 5 aromatic rings. The van der Waals surface area contributed by atoms with Crippen molar-refractivity contribution in [1.82, 2.24) is 35.5 Å². The van der Waals surface area contributed by atoms with Crippen LogP contribution in [0.5, 0.6) is 0 Å². The third-order valence-electron chi connectivity index (χ3n) is 11.2. The summed E-state index contributed by atoms with van der Waals surface area (Å²) in [5, 5.41) is 15.4. The van der Waals surface area contributed by atoms with Crippen molar-refractivity contribution in [2.75, 3.05) is 25.7 Å². The summed E-state index contributed by atoms with van der Waals surface area (Å²) >= 11 is 0. The average Bonchev–Trinajstić information content (AvgIpc) is 4.06. The molecular formula is C42H44N8O7. The number of para-hydroxylation sites is 1. The largest absolute Gasteiger partial charge is 0.453 e. The van der Waals surface area contributed by atoms with E-state index in [1.165, 1.54) is 21.1 Å². The predicted molar refractivity (Wildman–Crippen MR) is 210 cm³/mol. The van der Waals surface area contributed by atoms with E-state index >= 15 is 0 Å². The minimum Gasteiger partial charge on any atom is -0.453 e. The van der Waals surface area contributed by atoms with Crippen molar-refractivity contribution in [1.29, 1.82) is 0 Å². The molecule has 0 aliphatic carbocycles. The van der Waals surface area contributed by atoms with Gasteiger partial charge in [0.1, 0.15) is 23.7 Å². The molecule has 0 bridgehead atoms. The van der Waals surface area contributed by atoms with Gasteiger partial charge < -0.3 is 40.1 Å². The van der Waals surface area contributed by atoms with Crippen LogP contribution in [0.3, 0.4) is 0 Å². The molecule has 8 rings (SSSR count). The van der Waals surface area contributed by atoms with Gasteiger partial charge in [-0.15, -0.1) is 0 Å². The summed E-state index contributed by atoms with van der Waals surface area (Å²) in [6.45, 7) is 1.94. The number of hydrogen-bond acceptors (Lipinski definition) is 9. The molecule has 15 heteroatoms. The smallest absolute Gasteiger partial charge is 0.407 e. The molecular weight excluding hydrogens is 729 g/mol. The van der Waals surface area contributed by atoms with Crippen LogP contribution in [0.25, 0.3) is 33.6 Å². The number of anilines is 1. The van der Waals surface area contributed by atoms with Gasteiger partial charge >= 0.3 is 12.2 Å². The summed E-state index contributed by atoms with van der Waals surface area (Å²) in [6.07, 6.45) is 4.22. The first-order valence-corrected chi connectivity index (χ1v) is 19.1. The number of nitrogens with zero attached hydrogens (tertiary/aromatic N) is 4. The molecule has 294 valence electrons. The lowest BCUT2D eigenvalue weighted by Gasteiger charge is -2.29. The van der Waals surface area contributed by atoms with E-state index in [1.807, 2.05) is 54.6 Å². The number of alkyl carbamates (subject to hydrolysis) is 2. The van der Waals surface area contributed by atoms with Crippen LogP contribution in [0.4, 0.5) is 15.3 Å². The first kappa shape index (κ1) is 37.4. The number of carbonyl (C=O) groups is 4. The zero-order valence-electron chi connectivity index (χ0n) is 31.8. The summed E-state index contributed by atoms with van der Waals surface area (Å²) in [5.41, 5.74) is 8.63. The van der Waals surface area contributed by atoms with Crippen LogP contribution in [-0.2, 0) is 31.9 Å². The van der Waals surface area contributed by atoms with Crippen molar-refractivity contribution in [2.24, 2.45) is 0 Å². The van der Waals surface area contributed by atoms with E-state index in [1.54, 1.807) is 22.2 Å². The highest BCUT2D eigenvalue weighted by atomic mass is 16.5. The monoisotopic (exact) mass is 772 g/mol. The number of ether oxygens (including phenoxy) is 2. The molecule has 2 aromatic heterocycles. The Morgan fingerprint density at radius 2 is 1.39 bits per heavy atom. The van der Waals surface area contributed by atoms with Crippen LogP contribution < -0.4 is 15.5 Å². The fraction of sp³-hybridized carbons (Fsp3) is 0.333. The number of carbonyl (C=O) groups excluding carboxylic acids is 4. The maximum Gasteiger partial charge on any atom is 0.407 e. The minimum atomic E-state index is -1.14. The maximum atomic E-state index is 13.9. The van der Waals surface area contributed by atoms with Gasteiger partial charge in [0.2, 0.25) is 11.8 Å². The van der Waals surface area contributed by atoms with Gasteiger partial charge in [-0.2, -0.15) is 0 Å². The lowest BCUT2D eigenvalue weighted by atomic mass is 10.0. The quantitative estimate of drug-likeness (QED) is 0.134. The highest BCUT2D eigenvalue weighted by Gasteiger charge is 2.43. The second-order valence-electron chi connectivity index (χ2n) is 14.6. The third-order valence-corrected chi connectivity index (χ3v) is 11.2. The molecule has 3 aliphatic rings. The van der Waals surface area contributed by atoms with Gasteiger partial charge in [0.25, 0.3) is 0 Å². The molecule has 3 aliphatic heterocycles. The van der Waals surface area contributed by atoms with Crippen LogP contribution in [0, 0.1) is 0 Å². The van der Waals surface area contributed by atoms with Gasteiger partial charge in [0.05, 0.1) is 61.9 Å². The zero-order valence-corrected chi connectivity index (χ0v) is 31.8. The number of aromatic amines is 2. The first-order chi connectivity index (χ1) is 27.6. The van der Waals surface area contributed by atoms with E-state index < -0.39 is 36.3 Å². The number of imidazole rings is 2. The topological polar surface area (TPSA) is 195 Å². The predicted octanol–water partition coefficient (Wildman–Crippen LogP) is 5.20. The Morgan fingerprint density at radius 3 is 1.98 bits per heavy atom. The molecule has 5 atom stereocenters. The van der Waals surface area contributed by atoms with E-state index in [2.05, 4.69) is 42.5 Å². The van der Waals surface area contributed by atoms with E-state index in [-0.39, 0.29) is 18.0 Å². The first-order valence-electron chi connectivity index (χ1n) is 19.1. The van der Waals surface area contributed by atoms with Gasteiger partial charge in [-0.05, 0) is 66.0 Å². The van der Waals surface area contributed by atoms with E-state index in [4.69, 9.17) is 9.72 Å². The summed E-state index contributed by atoms with van der Waals surface area (Å²) in [4.78, 5) is 70.9. The van der Waals surface area contributed by atoms with Gasteiger partial charge in [-0.3, -0.25) is 14.5 Å². The number of H-pyrrole nitrogens is 2. The fourth-order valence-electron chi connectivity index (χ4n) is 8.24. The zero-order chi connectivity index (χ0) is 39.8. The Labute approximate surface area is 328 Å². The molecule has 5 heterocycles. The number of amides is 4. The Kier molecular flexibility index (Phi) is 10.2. The normalized spacial score (nSPS) is 19.7. The number of methoxy groups -OCH3 is 2. The second-order valence-corrected chi connectivity index (χ2v) is 14.6. The molecule has 1 fully saturated rings. The van der Waals surface area contributed by atoms with Gasteiger partial charge in [-0.25, -0.2) is 19.6 Å². The summed E-state index contributed by atoms with van der Waals surface area (Å²) in [6, 6.07) is 19.9. The highest BCUT2D eigenvalue weighted by Crippen LogP contribution is 2.44.